The zero-order valence-corrected chi connectivity index (χ0v) is 5.49. The van der Waals surface area contributed by atoms with E-state index >= 15 is 0 Å². The van der Waals surface area contributed by atoms with Gasteiger partial charge in [-0.3, -0.25) is 0 Å². The number of nitriles is 1. The largest absolute Gasteiger partial charge is 0.320 e. The summed E-state index contributed by atoms with van der Waals surface area (Å²) in [5, 5.41) is 8.33. The van der Waals surface area contributed by atoms with E-state index in [0.717, 1.165) is 5.69 Å². The van der Waals surface area contributed by atoms with Gasteiger partial charge in [0.25, 0.3) is 0 Å². The van der Waals surface area contributed by atoms with Gasteiger partial charge in [-0.05, 0) is 0 Å². The summed E-state index contributed by atoms with van der Waals surface area (Å²) >= 11 is 0. The lowest BCUT2D eigenvalue weighted by molar-refractivity contribution is 0.701. The zero-order valence-electron chi connectivity index (χ0n) is 5.49. The van der Waals surface area contributed by atoms with E-state index in [1.165, 1.54) is 0 Å². The van der Waals surface area contributed by atoms with Crippen LogP contribution in [0.1, 0.15) is 5.69 Å². The Hall–Kier alpha value is -1.34. The van der Waals surface area contributed by atoms with Crippen LogP contribution < -0.4 is 5.73 Å². The number of hydrogen-bond acceptors (Lipinski definition) is 3. The summed E-state index contributed by atoms with van der Waals surface area (Å²) < 4.78 is 1.74. The first-order valence-electron chi connectivity index (χ1n) is 2.94. The van der Waals surface area contributed by atoms with E-state index in [2.05, 4.69) is 4.98 Å². The maximum absolute atomic E-state index is 8.33. The molecule has 0 bridgehead atoms. The van der Waals surface area contributed by atoms with Crippen LogP contribution in [0.4, 0.5) is 0 Å². The number of hydrogen-bond donors (Lipinski definition) is 1. The second-order valence-electron chi connectivity index (χ2n) is 1.87. The lowest BCUT2D eigenvalue weighted by Gasteiger charge is -1.98. The smallest absolute Gasteiger partial charge is 0.0959 e. The van der Waals surface area contributed by atoms with E-state index in [1.54, 1.807) is 17.1 Å². The van der Waals surface area contributed by atoms with Crippen LogP contribution in [0.2, 0.25) is 0 Å². The molecule has 0 saturated carbocycles. The molecule has 0 aliphatic rings. The lowest BCUT2D eigenvalue weighted by atomic mass is 10.3. The summed E-state index contributed by atoms with van der Waals surface area (Å²) in [6.45, 7) is 0.386. The quantitative estimate of drug-likeness (QED) is 0.615. The predicted octanol–water partition coefficient (Wildman–Crippen LogP) is -0.135. The van der Waals surface area contributed by atoms with E-state index in [9.17, 15) is 0 Å². The van der Waals surface area contributed by atoms with Crippen molar-refractivity contribution in [3.8, 4) is 6.07 Å². The van der Waals surface area contributed by atoms with Gasteiger partial charge in [-0.25, -0.2) is 4.98 Å². The van der Waals surface area contributed by atoms with Crippen LogP contribution in [-0.2, 0) is 13.1 Å². The Morgan fingerprint density at radius 1 is 1.80 bits per heavy atom. The second kappa shape index (κ2) is 2.99. The summed E-state index contributed by atoms with van der Waals surface area (Å²) in [5.74, 6) is 0. The van der Waals surface area contributed by atoms with E-state index in [1.807, 2.05) is 6.07 Å². The highest BCUT2D eigenvalue weighted by Crippen LogP contribution is 1.96. The Balaban J connectivity index is 2.82. The normalized spacial score (nSPS) is 9.20. The number of nitrogens with two attached hydrogens (primary N) is 1. The number of aromatic nitrogens is 2. The average molecular weight is 136 g/mol. The number of nitrogens with zero attached hydrogens (tertiary/aromatic N) is 3. The molecule has 0 unspecified atom stereocenters. The van der Waals surface area contributed by atoms with Gasteiger partial charge in [0.05, 0.1) is 31.2 Å². The van der Waals surface area contributed by atoms with Gasteiger partial charge in [-0.1, -0.05) is 0 Å². The minimum atomic E-state index is 0.372. The van der Waals surface area contributed by atoms with E-state index in [-0.39, 0.29) is 0 Å². The van der Waals surface area contributed by atoms with Crippen molar-refractivity contribution in [2.45, 2.75) is 13.1 Å². The summed E-state index contributed by atoms with van der Waals surface area (Å²) in [5.41, 5.74) is 6.20. The Morgan fingerprint density at radius 3 is 3.20 bits per heavy atom. The molecule has 10 heavy (non-hydrogen) atoms. The highest BCUT2D eigenvalue weighted by Gasteiger charge is 1.96. The van der Waals surface area contributed by atoms with Gasteiger partial charge in [0.1, 0.15) is 0 Å². The first-order chi connectivity index (χ1) is 4.88. The van der Waals surface area contributed by atoms with Crippen LogP contribution in [0.25, 0.3) is 0 Å². The third-order valence-electron chi connectivity index (χ3n) is 1.26. The van der Waals surface area contributed by atoms with Crippen molar-refractivity contribution in [1.29, 1.82) is 5.26 Å². The molecule has 0 aromatic carbocycles. The molecule has 4 heteroatoms. The molecule has 0 saturated heterocycles. The molecule has 1 rings (SSSR count). The van der Waals surface area contributed by atoms with Crippen LogP contribution in [0.15, 0.2) is 12.5 Å². The first-order valence-corrected chi connectivity index (χ1v) is 2.94. The fourth-order valence-electron chi connectivity index (χ4n) is 0.741. The molecule has 52 valence electrons. The van der Waals surface area contributed by atoms with Crippen molar-refractivity contribution in [1.82, 2.24) is 9.55 Å². The van der Waals surface area contributed by atoms with Gasteiger partial charge in [0.2, 0.25) is 0 Å². The van der Waals surface area contributed by atoms with Crippen molar-refractivity contribution >= 4 is 0 Å². The van der Waals surface area contributed by atoms with E-state index in [0.29, 0.717) is 13.1 Å². The van der Waals surface area contributed by atoms with Crippen LogP contribution in [0.3, 0.4) is 0 Å². The molecule has 0 spiro atoms. The molecular formula is C6H8N4. The molecule has 0 fully saturated rings. The monoisotopic (exact) mass is 136 g/mol. The average Bonchev–Trinajstić information content (AvgIpc) is 2.36. The fraction of sp³-hybridized carbons (Fsp3) is 0.333. The molecule has 0 amide bonds. The number of imidazole rings is 1. The first kappa shape index (κ1) is 6.78. The molecule has 4 nitrogen and oxygen atoms in total. The van der Waals surface area contributed by atoms with Gasteiger partial charge in [-0.15, -0.1) is 0 Å². The fourth-order valence-corrected chi connectivity index (χ4v) is 0.741. The Bertz CT molecular complexity index is 244. The maximum atomic E-state index is 8.33. The van der Waals surface area contributed by atoms with Crippen molar-refractivity contribution in [2.24, 2.45) is 5.73 Å². The van der Waals surface area contributed by atoms with E-state index in [4.69, 9.17) is 11.0 Å². The van der Waals surface area contributed by atoms with Crippen molar-refractivity contribution in [3.05, 3.63) is 18.2 Å². The Labute approximate surface area is 58.9 Å². The highest BCUT2D eigenvalue weighted by molar-refractivity contribution is 5.04. The van der Waals surface area contributed by atoms with Crippen LogP contribution in [-0.4, -0.2) is 9.55 Å². The van der Waals surface area contributed by atoms with Crippen molar-refractivity contribution < 1.29 is 0 Å². The number of rotatable bonds is 2. The summed E-state index contributed by atoms with van der Waals surface area (Å²) in [7, 11) is 0. The molecule has 0 aliphatic heterocycles. The minimum Gasteiger partial charge on any atom is -0.320 e. The molecular weight excluding hydrogens is 128 g/mol. The highest BCUT2D eigenvalue weighted by atomic mass is 15.1. The SMILES string of the molecule is N#CCc1cncn1CN. The van der Waals surface area contributed by atoms with Gasteiger partial charge in [-0.2, -0.15) is 5.26 Å². The Kier molecular flexibility index (Phi) is 2.03. The third-order valence-corrected chi connectivity index (χ3v) is 1.26. The molecule has 0 atom stereocenters. The summed E-state index contributed by atoms with van der Waals surface area (Å²) in [6, 6.07) is 2.03. The summed E-state index contributed by atoms with van der Waals surface area (Å²) in [4.78, 5) is 3.84. The topological polar surface area (TPSA) is 67.6 Å². The summed E-state index contributed by atoms with van der Waals surface area (Å²) in [6.07, 6.45) is 3.64. The molecule has 2 N–H and O–H groups in total. The maximum Gasteiger partial charge on any atom is 0.0959 e. The van der Waals surface area contributed by atoms with Crippen molar-refractivity contribution in [3.63, 3.8) is 0 Å². The van der Waals surface area contributed by atoms with Crippen LogP contribution >= 0.6 is 0 Å². The molecule has 1 aromatic heterocycles. The molecule has 1 aromatic rings. The molecule has 0 radical (unpaired) electrons. The Morgan fingerprint density at radius 2 is 2.60 bits per heavy atom. The minimum absolute atomic E-state index is 0.372. The van der Waals surface area contributed by atoms with Gasteiger partial charge >= 0.3 is 0 Å². The van der Waals surface area contributed by atoms with Gasteiger partial charge in [0, 0.05) is 6.20 Å². The third kappa shape index (κ3) is 1.14. The van der Waals surface area contributed by atoms with Gasteiger partial charge in [0.15, 0.2) is 0 Å². The van der Waals surface area contributed by atoms with Crippen LogP contribution in [0.5, 0.6) is 0 Å². The standard InChI is InChI=1S/C6H8N4/c7-2-1-6-3-9-5-10(6)4-8/h3,5H,1,4,8H2. The molecule has 1 heterocycles. The van der Waals surface area contributed by atoms with Crippen molar-refractivity contribution in [2.75, 3.05) is 0 Å². The molecule has 0 aliphatic carbocycles. The second-order valence-corrected chi connectivity index (χ2v) is 1.87. The lowest BCUT2D eigenvalue weighted by Crippen LogP contribution is -2.08. The van der Waals surface area contributed by atoms with Crippen LogP contribution in [0, 0.1) is 11.3 Å². The predicted molar refractivity (Wildman–Crippen MR) is 35.7 cm³/mol. The van der Waals surface area contributed by atoms with Gasteiger partial charge < -0.3 is 10.3 Å². The van der Waals surface area contributed by atoms with E-state index < -0.39 is 0 Å². The zero-order chi connectivity index (χ0) is 7.40.